The van der Waals surface area contributed by atoms with Crippen LogP contribution in [0.4, 0.5) is 4.39 Å². The fraction of sp³-hybridized carbons (Fsp3) is 0.222. The maximum atomic E-state index is 12.9. The average Bonchev–Trinajstić information content (AvgIpc) is 2.13. The molecule has 0 fully saturated rings. The van der Waals surface area contributed by atoms with E-state index in [4.69, 9.17) is 10.8 Å². The fourth-order valence-electron chi connectivity index (χ4n) is 1.01. The minimum Gasteiger partial charge on any atom is -0.505 e. The first kappa shape index (κ1) is 11.1. The van der Waals surface area contributed by atoms with Gasteiger partial charge in [-0.05, 0) is 34.6 Å². The lowest BCUT2D eigenvalue weighted by Crippen LogP contribution is -2.08. The van der Waals surface area contributed by atoms with Crippen LogP contribution in [0, 0.1) is 5.82 Å². The summed E-state index contributed by atoms with van der Waals surface area (Å²) >= 11 is 2.90. The predicted octanol–water partition coefficient (Wildman–Crippen LogP) is 1.83. The molecule has 0 heterocycles. The van der Waals surface area contributed by atoms with Crippen molar-refractivity contribution in [3.05, 3.63) is 28.0 Å². The smallest absolute Gasteiger partial charge is 0.178 e. The molecule has 5 heteroatoms. The van der Waals surface area contributed by atoms with Gasteiger partial charge < -0.3 is 10.8 Å². The van der Waals surface area contributed by atoms with E-state index in [1.54, 1.807) is 0 Å². The number of hydrogen-bond acceptors (Lipinski definition) is 3. The summed E-state index contributed by atoms with van der Waals surface area (Å²) in [4.78, 5) is 11.3. The van der Waals surface area contributed by atoms with E-state index in [1.807, 2.05) is 0 Å². The highest BCUT2D eigenvalue weighted by Crippen LogP contribution is 2.26. The molecule has 0 aliphatic heterocycles. The SMILES string of the molecule is NCCC(=O)c1cc(O)c(F)c(Br)c1. The van der Waals surface area contributed by atoms with E-state index in [0.29, 0.717) is 0 Å². The van der Waals surface area contributed by atoms with Crippen LogP contribution in [0.3, 0.4) is 0 Å². The highest BCUT2D eigenvalue weighted by atomic mass is 79.9. The van der Waals surface area contributed by atoms with E-state index < -0.39 is 11.6 Å². The number of nitrogens with two attached hydrogens (primary N) is 1. The highest BCUT2D eigenvalue weighted by Gasteiger charge is 2.12. The summed E-state index contributed by atoms with van der Waals surface area (Å²) in [6.45, 7) is 0.231. The first-order valence-corrected chi connectivity index (χ1v) is 4.77. The van der Waals surface area contributed by atoms with Crippen LogP contribution in [-0.2, 0) is 0 Å². The first-order valence-electron chi connectivity index (χ1n) is 3.97. The molecule has 0 atom stereocenters. The zero-order chi connectivity index (χ0) is 10.7. The molecule has 0 aromatic heterocycles. The van der Waals surface area contributed by atoms with Crippen molar-refractivity contribution in [1.82, 2.24) is 0 Å². The number of benzene rings is 1. The third kappa shape index (κ3) is 2.30. The fourth-order valence-corrected chi connectivity index (χ4v) is 1.46. The minimum absolute atomic E-state index is 0.0675. The quantitative estimate of drug-likeness (QED) is 0.817. The van der Waals surface area contributed by atoms with Crippen LogP contribution in [0.1, 0.15) is 16.8 Å². The number of carbonyl (C=O) groups excluding carboxylic acids is 1. The van der Waals surface area contributed by atoms with Crippen molar-refractivity contribution in [3.8, 4) is 5.75 Å². The van der Waals surface area contributed by atoms with E-state index in [9.17, 15) is 9.18 Å². The second kappa shape index (κ2) is 4.52. The van der Waals surface area contributed by atoms with Gasteiger partial charge in [0.2, 0.25) is 0 Å². The maximum absolute atomic E-state index is 12.9. The Morgan fingerprint density at radius 1 is 1.57 bits per heavy atom. The third-order valence-corrected chi connectivity index (χ3v) is 2.28. The van der Waals surface area contributed by atoms with Gasteiger partial charge in [-0.2, -0.15) is 0 Å². The molecule has 0 unspecified atom stereocenters. The van der Waals surface area contributed by atoms with E-state index in [2.05, 4.69) is 15.9 Å². The number of phenolic OH excluding ortho intramolecular Hbond substituents is 1. The molecular weight excluding hydrogens is 253 g/mol. The van der Waals surface area contributed by atoms with Crippen molar-refractivity contribution in [1.29, 1.82) is 0 Å². The van der Waals surface area contributed by atoms with Crippen molar-refractivity contribution in [2.45, 2.75) is 6.42 Å². The van der Waals surface area contributed by atoms with Gasteiger partial charge in [0, 0.05) is 12.0 Å². The monoisotopic (exact) mass is 261 g/mol. The molecule has 1 rings (SSSR count). The Morgan fingerprint density at radius 2 is 2.21 bits per heavy atom. The Morgan fingerprint density at radius 3 is 2.71 bits per heavy atom. The van der Waals surface area contributed by atoms with E-state index in [-0.39, 0.29) is 28.8 Å². The molecular formula is C9H9BrFNO2. The lowest BCUT2D eigenvalue weighted by molar-refractivity contribution is 0.0985. The number of hydrogen-bond donors (Lipinski definition) is 2. The van der Waals surface area contributed by atoms with Gasteiger partial charge >= 0.3 is 0 Å². The molecule has 0 radical (unpaired) electrons. The van der Waals surface area contributed by atoms with Crippen LogP contribution in [0.5, 0.6) is 5.75 Å². The van der Waals surface area contributed by atoms with Crippen LogP contribution >= 0.6 is 15.9 Å². The summed E-state index contributed by atoms with van der Waals surface area (Å²) in [5.74, 6) is -1.53. The van der Waals surface area contributed by atoms with Crippen molar-refractivity contribution in [2.24, 2.45) is 5.73 Å². The minimum atomic E-state index is -0.769. The second-order valence-corrected chi connectivity index (χ2v) is 3.61. The number of phenols is 1. The van der Waals surface area contributed by atoms with Crippen molar-refractivity contribution < 1.29 is 14.3 Å². The van der Waals surface area contributed by atoms with Gasteiger partial charge in [0.05, 0.1) is 4.47 Å². The summed E-state index contributed by atoms with van der Waals surface area (Å²) in [7, 11) is 0. The van der Waals surface area contributed by atoms with Gasteiger partial charge in [0.25, 0.3) is 0 Å². The molecule has 0 aliphatic rings. The van der Waals surface area contributed by atoms with Crippen molar-refractivity contribution in [2.75, 3.05) is 6.54 Å². The van der Waals surface area contributed by atoms with Crippen LogP contribution in [-0.4, -0.2) is 17.4 Å². The highest BCUT2D eigenvalue weighted by molar-refractivity contribution is 9.10. The summed E-state index contributed by atoms with van der Waals surface area (Å²) in [6.07, 6.45) is 0.178. The van der Waals surface area contributed by atoms with Crippen LogP contribution in [0.2, 0.25) is 0 Å². The normalized spacial score (nSPS) is 10.2. The Hall–Kier alpha value is -0.940. The number of rotatable bonds is 3. The Balaban J connectivity index is 3.06. The van der Waals surface area contributed by atoms with Gasteiger partial charge in [-0.25, -0.2) is 4.39 Å². The van der Waals surface area contributed by atoms with Gasteiger partial charge in [-0.3, -0.25) is 4.79 Å². The lowest BCUT2D eigenvalue weighted by Gasteiger charge is -2.03. The standard InChI is InChI=1S/C9H9BrFNO2/c10-6-3-5(7(13)1-2-12)4-8(14)9(6)11/h3-4,14H,1-2,12H2. The molecule has 0 spiro atoms. The lowest BCUT2D eigenvalue weighted by atomic mass is 10.1. The largest absolute Gasteiger partial charge is 0.505 e. The number of aromatic hydroxyl groups is 1. The van der Waals surface area contributed by atoms with Gasteiger partial charge in [0.15, 0.2) is 17.3 Å². The molecule has 0 aliphatic carbocycles. The van der Waals surface area contributed by atoms with Gasteiger partial charge in [-0.15, -0.1) is 0 Å². The molecule has 1 aromatic carbocycles. The Bertz CT molecular complexity index is 345. The first-order chi connectivity index (χ1) is 6.56. The van der Waals surface area contributed by atoms with E-state index >= 15 is 0 Å². The molecule has 3 N–H and O–H groups in total. The summed E-state index contributed by atoms with van der Waals surface area (Å²) in [5.41, 5.74) is 5.45. The second-order valence-electron chi connectivity index (χ2n) is 2.75. The number of halogens is 2. The topological polar surface area (TPSA) is 63.3 Å². The Kier molecular flexibility index (Phi) is 3.60. The van der Waals surface area contributed by atoms with Crippen molar-refractivity contribution >= 4 is 21.7 Å². The summed E-state index contributed by atoms with van der Waals surface area (Å²) in [5, 5.41) is 9.11. The zero-order valence-electron chi connectivity index (χ0n) is 7.26. The van der Waals surface area contributed by atoms with E-state index in [0.717, 1.165) is 6.07 Å². The summed E-state index contributed by atoms with van der Waals surface area (Å²) in [6, 6.07) is 2.42. The number of Topliss-reactive ketones (excluding diaryl/α,β-unsaturated/α-hetero) is 1. The van der Waals surface area contributed by atoms with Crippen LogP contribution in [0.25, 0.3) is 0 Å². The molecule has 76 valence electrons. The van der Waals surface area contributed by atoms with E-state index in [1.165, 1.54) is 6.07 Å². The molecule has 0 saturated carbocycles. The predicted molar refractivity (Wildman–Crippen MR) is 53.8 cm³/mol. The molecule has 14 heavy (non-hydrogen) atoms. The molecule has 3 nitrogen and oxygen atoms in total. The molecule has 1 aromatic rings. The molecule has 0 amide bonds. The van der Waals surface area contributed by atoms with Crippen LogP contribution in [0.15, 0.2) is 16.6 Å². The average molecular weight is 262 g/mol. The molecule has 0 bridgehead atoms. The number of carbonyl (C=O) groups is 1. The Labute approximate surface area is 88.9 Å². The maximum Gasteiger partial charge on any atom is 0.178 e. The molecule has 0 saturated heterocycles. The van der Waals surface area contributed by atoms with Crippen LogP contribution < -0.4 is 5.73 Å². The zero-order valence-corrected chi connectivity index (χ0v) is 8.84. The van der Waals surface area contributed by atoms with Gasteiger partial charge in [-0.1, -0.05) is 0 Å². The number of ketones is 1. The van der Waals surface area contributed by atoms with Gasteiger partial charge in [0.1, 0.15) is 0 Å². The van der Waals surface area contributed by atoms with Crippen molar-refractivity contribution in [3.63, 3.8) is 0 Å². The third-order valence-electron chi connectivity index (χ3n) is 1.70. The summed E-state index contributed by atoms with van der Waals surface area (Å²) < 4.78 is 13.0.